The Labute approximate surface area is 405 Å². The number of aliphatic hydroxyl groups excluding tert-OH is 1. The average Bonchev–Trinajstić information content (AvgIpc) is 4.20. The normalized spacial score (nSPS) is 19.1. The molecule has 0 unspecified atom stereocenters. The minimum atomic E-state index is -0.789. The summed E-state index contributed by atoms with van der Waals surface area (Å²) in [6.07, 6.45) is 0.852. The Kier molecular flexibility index (Phi) is 15.7. The van der Waals surface area contributed by atoms with Crippen molar-refractivity contribution in [3.05, 3.63) is 119 Å². The molecule has 68 heavy (non-hydrogen) atoms. The van der Waals surface area contributed by atoms with Crippen molar-refractivity contribution in [3.8, 4) is 23.0 Å². The number of nitrogens with zero attached hydrogens (tertiary/aromatic N) is 3. The first kappa shape index (κ1) is 49.4. The number of carbonyl (C=O) groups excluding carboxylic acids is 5. The predicted octanol–water partition coefficient (Wildman–Crippen LogP) is 5.54. The molecule has 7 heterocycles. The number of esters is 1. The number of nitrogens with two attached hydrogens (primary N) is 1. The minimum Gasteiger partial charge on any atom is -0.467 e. The van der Waals surface area contributed by atoms with Crippen molar-refractivity contribution in [2.45, 2.75) is 37.0 Å². The van der Waals surface area contributed by atoms with Crippen LogP contribution in [0.4, 0.5) is 0 Å². The lowest BCUT2D eigenvalue weighted by molar-refractivity contribution is -0.157. The lowest BCUT2D eigenvalue weighted by atomic mass is 9.86. The third kappa shape index (κ3) is 9.36. The number of aromatic amines is 2. The van der Waals surface area contributed by atoms with Crippen molar-refractivity contribution >= 4 is 85.5 Å². The van der Waals surface area contributed by atoms with Crippen LogP contribution in [0.2, 0.25) is 0 Å². The second-order valence-electron chi connectivity index (χ2n) is 15.5. The molecule has 0 radical (unpaired) electrons. The summed E-state index contributed by atoms with van der Waals surface area (Å²) in [6.45, 7) is 0.428. The maximum atomic E-state index is 13.1. The summed E-state index contributed by atoms with van der Waals surface area (Å²) in [5, 5.41) is 8.61. The van der Waals surface area contributed by atoms with Crippen molar-refractivity contribution < 1.29 is 52.8 Å². The molecule has 6 aromatic rings. The Balaban J connectivity index is 0.000000172. The molecule has 0 spiro atoms. The molecule has 20 heteroatoms. The monoisotopic (exact) mass is 990 g/mol. The topological polar surface area (TPSA) is 219 Å². The van der Waals surface area contributed by atoms with E-state index < -0.39 is 29.3 Å². The third-order valence-electron chi connectivity index (χ3n) is 12.0. The van der Waals surface area contributed by atoms with Gasteiger partial charge < -0.3 is 59.2 Å². The zero-order chi connectivity index (χ0) is 48.8. The number of H-pyrrole nitrogens is 2. The van der Waals surface area contributed by atoms with E-state index in [1.165, 1.54) is 24.0 Å². The number of methoxy groups -OCH3 is 1. The highest BCUT2D eigenvalue weighted by molar-refractivity contribution is 6.67. The number of rotatable bonds is 5. The zero-order valence-corrected chi connectivity index (χ0v) is 39.7. The van der Waals surface area contributed by atoms with Gasteiger partial charge in [0.25, 0.3) is 0 Å². The number of fused-ring (bicyclic) bond motifs is 9. The van der Waals surface area contributed by atoms with Crippen molar-refractivity contribution in [2.24, 2.45) is 5.73 Å². The van der Waals surface area contributed by atoms with Crippen LogP contribution in [0.5, 0.6) is 23.0 Å². The number of aliphatic hydroxyl groups is 1. The number of ether oxygens (including phenoxy) is 5. The fourth-order valence-electron chi connectivity index (χ4n) is 9.25. The summed E-state index contributed by atoms with van der Waals surface area (Å²) in [6, 6.07) is 25.0. The van der Waals surface area contributed by atoms with E-state index in [9.17, 15) is 24.0 Å². The number of hydrogen-bond acceptors (Lipinski definition) is 12. The molecule has 358 valence electrons. The van der Waals surface area contributed by atoms with E-state index >= 15 is 0 Å². The molecule has 4 aromatic carbocycles. The van der Waals surface area contributed by atoms with Gasteiger partial charge in [0, 0.05) is 60.2 Å². The van der Waals surface area contributed by atoms with Gasteiger partial charge in [0.2, 0.25) is 36.5 Å². The molecule has 2 aromatic heterocycles. The lowest BCUT2D eigenvalue weighted by Crippen LogP contribution is -2.62. The first-order chi connectivity index (χ1) is 33.0. The van der Waals surface area contributed by atoms with Crippen molar-refractivity contribution in [1.29, 1.82) is 0 Å². The Morgan fingerprint density at radius 2 is 1.22 bits per heavy atom. The van der Waals surface area contributed by atoms with Gasteiger partial charge in [0.15, 0.2) is 23.0 Å². The molecule has 5 N–H and O–H groups in total. The van der Waals surface area contributed by atoms with Gasteiger partial charge in [-0.25, -0.2) is 4.79 Å². The molecule has 5 aliphatic heterocycles. The van der Waals surface area contributed by atoms with Crippen LogP contribution >= 0.6 is 34.8 Å². The van der Waals surface area contributed by atoms with Crippen LogP contribution in [0, 0.1) is 0 Å². The fourth-order valence-corrected chi connectivity index (χ4v) is 9.39. The van der Waals surface area contributed by atoms with E-state index in [1.807, 2.05) is 78.9 Å². The number of halogens is 3. The van der Waals surface area contributed by atoms with Crippen LogP contribution in [0.1, 0.15) is 45.7 Å². The van der Waals surface area contributed by atoms with E-state index in [2.05, 4.69) is 21.8 Å². The Morgan fingerprint density at radius 1 is 0.735 bits per heavy atom. The Morgan fingerprint density at radius 3 is 1.74 bits per heavy atom. The van der Waals surface area contributed by atoms with Gasteiger partial charge in [0.05, 0.1) is 31.6 Å². The number of hydrogen-bond donors (Lipinski definition) is 4. The number of piperazine rings is 1. The minimum absolute atomic E-state index is 0.0220. The van der Waals surface area contributed by atoms with Crippen molar-refractivity contribution in [1.82, 2.24) is 24.7 Å². The first-order valence-corrected chi connectivity index (χ1v) is 22.7. The predicted molar refractivity (Wildman–Crippen MR) is 254 cm³/mol. The largest absolute Gasteiger partial charge is 0.467 e. The van der Waals surface area contributed by atoms with E-state index in [4.69, 9.17) is 63.6 Å². The van der Waals surface area contributed by atoms with Crippen LogP contribution in [-0.4, -0.2) is 131 Å². The van der Waals surface area contributed by atoms with E-state index in [0.717, 1.165) is 62.6 Å². The molecular formula is C48H49Cl3N6O11. The number of amides is 3. The average molecular weight is 992 g/mol. The highest BCUT2D eigenvalue weighted by Crippen LogP contribution is 2.46. The second-order valence-corrected chi connectivity index (χ2v) is 16.5. The summed E-state index contributed by atoms with van der Waals surface area (Å²) in [7, 11) is 5.52. The van der Waals surface area contributed by atoms with Gasteiger partial charge in [-0.2, -0.15) is 0 Å². The van der Waals surface area contributed by atoms with Gasteiger partial charge in [-0.1, -0.05) is 48.5 Å². The lowest BCUT2D eigenvalue weighted by Gasteiger charge is -2.46. The molecule has 0 saturated carbocycles. The van der Waals surface area contributed by atoms with Crippen LogP contribution < -0.4 is 24.7 Å². The number of benzene rings is 4. The molecule has 11 rings (SSSR count). The van der Waals surface area contributed by atoms with Crippen LogP contribution in [0.3, 0.4) is 0 Å². The fraction of sp³-hybridized carbons (Fsp3) is 0.312. The van der Waals surface area contributed by atoms with E-state index in [1.54, 1.807) is 11.9 Å². The summed E-state index contributed by atoms with van der Waals surface area (Å²) in [4.78, 5) is 73.0. The van der Waals surface area contributed by atoms with Crippen molar-refractivity contribution in [2.75, 3.05) is 60.2 Å². The van der Waals surface area contributed by atoms with Gasteiger partial charge in [-0.3, -0.25) is 19.2 Å². The van der Waals surface area contributed by atoms with Gasteiger partial charge in [0.1, 0.15) is 18.0 Å². The Hall–Kier alpha value is -6.50. The molecule has 3 amide bonds. The summed E-state index contributed by atoms with van der Waals surface area (Å²) in [5.74, 6) is 1.36. The molecule has 0 bridgehead atoms. The number of carbonyl (C=O) groups is 5. The van der Waals surface area contributed by atoms with Crippen LogP contribution in [0.25, 0.3) is 21.8 Å². The molecular weight excluding hydrogens is 943 g/mol. The highest BCUT2D eigenvalue weighted by atomic mass is 35.5. The van der Waals surface area contributed by atoms with Crippen molar-refractivity contribution in [3.63, 3.8) is 0 Å². The maximum Gasteiger partial charge on any atom is 0.328 e. The first-order valence-electron chi connectivity index (χ1n) is 21.3. The Bertz CT molecular complexity index is 2850. The van der Waals surface area contributed by atoms with E-state index in [-0.39, 0.29) is 55.7 Å². The maximum absolute atomic E-state index is 13.1. The van der Waals surface area contributed by atoms with E-state index in [0.29, 0.717) is 35.8 Å². The van der Waals surface area contributed by atoms with Crippen LogP contribution in [0.15, 0.2) is 84.9 Å². The number of para-hydroxylation sites is 2. The molecule has 4 atom stereocenters. The van der Waals surface area contributed by atoms with Gasteiger partial charge in [-0.15, -0.1) is 23.2 Å². The summed E-state index contributed by atoms with van der Waals surface area (Å²) in [5.41, 5.74) is 12.0. The molecule has 5 aliphatic rings. The summed E-state index contributed by atoms with van der Waals surface area (Å²) >= 11 is 15.5. The second kappa shape index (κ2) is 21.6. The van der Waals surface area contributed by atoms with Crippen LogP contribution in [-0.2, 0) is 41.6 Å². The van der Waals surface area contributed by atoms with Gasteiger partial charge >= 0.3 is 5.97 Å². The van der Waals surface area contributed by atoms with Gasteiger partial charge in [-0.05, 0) is 77.3 Å². The number of aromatic nitrogens is 2. The standard InChI is InChI=1S/C22H19ClN2O5.C22H19N3O4.C2H2Cl2O.CH5N.CH4O/c1-28-22(27)16-9-14-13-4-2-3-5-15(13)24-20(14)21(25(16)19(26)10-23)12-6-7-17-18(8-12)30-11-29-17;1-24-10-19(26)25-16(22(24)27)9-14-13-4-2-3-5-15(13)23-20(14)21(25)12-6-7-17-18(8-12)29-11-28-17;3-1-2(4)5;2*1-2/h2-8,16,21,24H,9-11H2,1H3;2-8,16,21,23H,9-11H2,1H3;1H2;2H2,1H3;2H,1H3/t2*16-,21-;;;/m11.../s1. The highest BCUT2D eigenvalue weighted by Gasteiger charge is 2.48. The molecule has 17 nitrogen and oxygen atoms in total. The molecule has 1 saturated heterocycles. The third-order valence-corrected chi connectivity index (χ3v) is 12.7. The summed E-state index contributed by atoms with van der Waals surface area (Å²) < 4.78 is 27.0. The SMILES string of the molecule is CN.CN1CC(=O)N2[C@H](c3ccc4c(c3)OCO4)c3[nH]c4ccccc4c3C[C@@H]2C1=O.CO.COC(=O)[C@H]1Cc2c([nH]c3ccccc23)[C@@H](c2ccc3c(c2)OCO3)N1C(=O)CCl.O=C(Cl)CCl. The molecule has 1 fully saturated rings. The zero-order valence-electron chi connectivity index (χ0n) is 37.4. The number of nitrogens with one attached hydrogen (secondary N) is 2. The quantitative estimate of drug-likeness (QED) is 0.0952. The smallest absolute Gasteiger partial charge is 0.328 e. The molecule has 0 aliphatic carbocycles. The number of alkyl halides is 2. The number of likely N-dealkylation sites (N-methyl/N-ethyl adjacent to an activating group) is 1.